The fraction of sp³-hybridized carbons (Fsp3) is 0.0833. The van der Waals surface area contributed by atoms with Crippen LogP contribution in [-0.4, -0.2) is 18.0 Å². The molecule has 2 N–H and O–H groups in total. The topological polar surface area (TPSA) is 86.2 Å². The van der Waals surface area contributed by atoms with Crippen molar-refractivity contribution in [3.05, 3.63) is 36.9 Å². The van der Waals surface area contributed by atoms with Crippen LogP contribution in [0, 0.1) is 17.5 Å². The third-order valence-electron chi connectivity index (χ3n) is 2.17. The molecule has 0 bridgehead atoms. The Kier molecular flexibility index (Phi) is 5.77. The van der Waals surface area contributed by atoms with Gasteiger partial charge in [0.25, 0.3) is 0 Å². The van der Waals surface area contributed by atoms with Gasteiger partial charge in [-0.25, -0.2) is 4.98 Å². The van der Waals surface area contributed by atoms with Gasteiger partial charge in [0, 0.05) is 13.2 Å². The van der Waals surface area contributed by atoms with E-state index in [1.807, 2.05) is 12.1 Å². The van der Waals surface area contributed by atoms with Gasteiger partial charge in [0.1, 0.15) is 0 Å². The van der Waals surface area contributed by atoms with E-state index in [2.05, 4.69) is 26.7 Å². The van der Waals surface area contributed by atoms with Crippen molar-refractivity contribution >= 4 is 11.6 Å². The summed E-state index contributed by atoms with van der Waals surface area (Å²) in [4.78, 5) is 7.71. The minimum atomic E-state index is 0. The summed E-state index contributed by atoms with van der Waals surface area (Å²) in [6.07, 6.45) is 4.79. The van der Waals surface area contributed by atoms with Gasteiger partial charge in [-0.1, -0.05) is 0 Å². The standard InChI is InChI=1S/C12H10N5O.W/c1-14-12(16-7-13)17-10-4-2-9(3-5-10)11-6-15-8-18-11;/h2,4-6,8H,1H3,(H2,14,16,17);/q-1;+2. The molecule has 0 fully saturated rings. The van der Waals surface area contributed by atoms with Gasteiger partial charge in [-0.05, 0) is 5.69 Å². The predicted octanol–water partition coefficient (Wildman–Crippen LogP) is 1.61. The Morgan fingerprint density at radius 2 is 2.37 bits per heavy atom. The minimum absolute atomic E-state index is 0. The van der Waals surface area contributed by atoms with Gasteiger partial charge >= 0.3 is 21.1 Å². The zero-order valence-electron chi connectivity index (χ0n) is 10.0. The zero-order chi connectivity index (χ0) is 12.8. The third-order valence-corrected chi connectivity index (χ3v) is 2.17. The molecule has 0 aliphatic carbocycles. The number of guanidine groups is 1. The number of anilines is 1. The fourth-order valence-corrected chi connectivity index (χ4v) is 1.34. The first-order chi connectivity index (χ1) is 8.83. The number of oxazole rings is 1. The van der Waals surface area contributed by atoms with E-state index < -0.39 is 0 Å². The van der Waals surface area contributed by atoms with Crippen molar-refractivity contribution in [1.29, 1.82) is 5.26 Å². The number of aromatic nitrogens is 1. The molecule has 0 unspecified atom stereocenters. The first-order valence-corrected chi connectivity index (χ1v) is 5.13. The number of rotatable bonds is 2. The summed E-state index contributed by atoms with van der Waals surface area (Å²) in [6.45, 7) is 0. The van der Waals surface area contributed by atoms with Gasteiger partial charge < -0.3 is 9.73 Å². The summed E-state index contributed by atoms with van der Waals surface area (Å²) in [7, 11) is 1.58. The van der Waals surface area contributed by atoms with Crippen molar-refractivity contribution in [1.82, 2.24) is 10.3 Å². The second kappa shape index (κ2) is 7.34. The molecule has 7 heteroatoms. The summed E-state index contributed by atoms with van der Waals surface area (Å²) < 4.78 is 5.16. The van der Waals surface area contributed by atoms with Crippen LogP contribution in [0.5, 0.6) is 0 Å². The molecular weight excluding hydrogens is 414 g/mol. The van der Waals surface area contributed by atoms with Crippen LogP contribution in [0.4, 0.5) is 5.69 Å². The number of benzene rings is 1. The van der Waals surface area contributed by atoms with Crippen LogP contribution < -0.4 is 10.6 Å². The molecule has 0 aliphatic rings. The first kappa shape index (κ1) is 14.9. The quantitative estimate of drug-likeness (QED) is 0.252. The van der Waals surface area contributed by atoms with E-state index >= 15 is 0 Å². The van der Waals surface area contributed by atoms with Crippen LogP contribution in [0.15, 0.2) is 40.2 Å². The molecule has 1 aromatic carbocycles. The average molecular weight is 424 g/mol. The molecule has 2 rings (SSSR count). The Labute approximate surface area is 124 Å². The number of nitrogens with one attached hydrogen (secondary N) is 2. The smallest absolute Gasteiger partial charge is 0.490 e. The molecule has 0 saturated heterocycles. The summed E-state index contributed by atoms with van der Waals surface area (Å²) >= 11 is 0. The Morgan fingerprint density at radius 3 is 2.89 bits per heavy atom. The van der Waals surface area contributed by atoms with Gasteiger partial charge in [-0.15, -0.1) is 29.8 Å². The van der Waals surface area contributed by atoms with Crippen molar-refractivity contribution in [3.63, 3.8) is 0 Å². The number of hydrogen-bond donors (Lipinski definition) is 2. The molecule has 0 spiro atoms. The molecular formula is C12H10N5OW+. The van der Waals surface area contributed by atoms with Crippen LogP contribution >= 0.6 is 0 Å². The van der Waals surface area contributed by atoms with Crippen LogP contribution in [0.2, 0.25) is 0 Å². The monoisotopic (exact) mass is 424 g/mol. The van der Waals surface area contributed by atoms with Crippen molar-refractivity contribution < 1.29 is 25.5 Å². The Hall–Kier alpha value is -2.12. The second-order valence-electron chi connectivity index (χ2n) is 3.29. The molecule has 0 amide bonds. The van der Waals surface area contributed by atoms with Crippen LogP contribution in [0.1, 0.15) is 0 Å². The number of nitrogens with zero attached hydrogens (tertiary/aromatic N) is 3. The molecule has 2 aromatic rings. The van der Waals surface area contributed by atoms with Gasteiger partial charge in [0.05, 0.1) is 5.76 Å². The van der Waals surface area contributed by atoms with E-state index in [0.717, 1.165) is 11.3 Å². The summed E-state index contributed by atoms with van der Waals surface area (Å²) in [6, 6.07) is 8.45. The molecule has 0 aliphatic heterocycles. The van der Waals surface area contributed by atoms with Crippen molar-refractivity contribution in [2.45, 2.75) is 0 Å². The van der Waals surface area contributed by atoms with Crippen LogP contribution in [0.3, 0.4) is 0 Å². The summed E-state index contributed by atoms with van der Waals surface area (Å²) in [5.41, 5.74) is 1.57. The largest absolute Gasteiger partial charge is 2.00 e. The molecule has 0 radical (unpaired) electrons. The van der Waals surface area contributed by atoms with Crippen LogP contribution in [0.25, 0.3) is 11.3 Å². The van der Waals surface area contributed by atoms with E-state index in [4.69, 9.17) is 9.68 Å². The Balaban J connectivity index is 0.00000180. The molecule has 1 aromatic heterocycles. The molecule has 6 nitrogen and oxygen atoms in total. The maximum atomic E-state index is 8.51. The molecule has 1 heterocycles. The van der Waals surface area contributed by atoms with E-state index in [9.17, 15) is 0 Å². The summed E-state index contributed by atoms with van der Waals surface area (Å²) in [5.74, 6) is 1.03. The molecule has 0 atom stereocenters. The number of aliphatic imine (C=N–C) groups is 1. The van der Waals surface area contributed by atoms with E-state index in [1.165, 1.54) is 6.39 Å². The molecule has 19 heavy (non-hydrogen) atoms. The van der Waals surface area contributed by atoms with Gasteiger partial charge in [-0.2, -0.15) is 5.26 Å². The number of hydrogen-bond acceptors (Lipinski definition) is 4. The fourth-order valence-electron chi connectivity index (χ4n) is 1.34. The SMILES string of the molecule is CN=C(NC#N)Nc1c[c-]c(-c2cnco2)cc1.[W+2]. The molecule has 94 valence electrons. The first-order valence-electron chi connectivity index (χ1n) is 5.13. The Bertz CT molecular complexity index is 571. The third kappa shape index (κ3) is 3.93. The van der Waals surface area contributed by atoms with Crippen molar-refractivity contribution in [2.75, 3.05) is 12.4 Å². The van der Waals surface area contributed by atoms with Crippen molar-refractivity contribution in [2.24, 2.45) is 4.99 Å². The normalized spacial score (nSPS) is 10.2. The maximum Gasteiger partial charge on any atom is 2.00 e. The molecule has 0 saturated carbocycles. The van der Waals surface area contributed by atoms with E-state index in [1.54, 1.807) is 25.5 Å². The Morgan fingerprint density at radius 1 is 1.53 bits per heavy atom. The second-order valence-corrected chi connectivity index (χ2v) is 3.29. The van der Waals surface area contributed by atoms with E-state index in [-0.39, 0.29) is 21.1 Å². The number of nitriles is 1. The van der Waals surface area contributed by atoms with Crippen molar-refractivity contribution in [3.8, 4) is 17.5 Å². The van der Waals surface area contributed by atoms with E-state index in [0.29, 0.717) is 11.7 Å². The maximum absolute atomic E-state index is 8.51. The van der Waals surface area contributed by atoms with Gasteiger partial charge in [0.15, 0.2) is 18.5 Å². The summed E-state index contributed by atoms with van der Waals surface area (Å²) in [5, 5.41) is 13.9. The minimum Gasteiger partial charge on any atom is -0.490 e. The van der Waals surface area contributed by atoms with Gasteiger partial charge in [0.2, 0.25) is 0 Å². The van der Waals surface area contributed by atoms with Gasteiger partial charge in [-0.3, -0.25) is 10.3 Å². The zero-order valence-corrected chi connectivity index (χ0v) is 13.0. The van der Waals surface area contributed by atoms with Crippen LogP contribution in [-0.2, 0) is 21.1 Å². The predicted molar refractivity (Wildman–Crippen MR) is 66.5 cm³/mol. The average Bonchev–Trinajstić information content (AvgIpc) is 2.93.